The highest BCUT2D eigenvalue weighted by molar-refractivity contribution is 8.14. The van der Waals surface area contributed by atoms with Gasteiger partial charge in [-0.2, -0.15) is 0 Å². The van der Waals surface area contributed by atoms with E-state index in [1.807, 2.05) is 24.3 Å². The van der Waals surface area contributed by atoms with E-state index in [2.05, 4.69) is 27.8 Å². The fourth-order valence-corrected chi connectivity index (χ4v) is 5.47. The molecule has 0 amide bonds. The first-order chi connectivity index (χ1) is 13.2. The van der Waals surface area contributed by atoms with Crippen LogP contribution in [-0.2, 0) is 0 Å². The van der Waals surface area contributed by atoms with Crippen LogP contribution in [0.5, 0.6) is 0 Å². The molecule has 3 atom stereocenters. The summed E-state index contributed by atoms with van der Waals surface area (Å²) in [5.41, 5.74) is 2.62. The van der Waals surface area contributed by atoms with Crippen molar-refractivity contribution < 1.29 is 4.39 Å². The Morgan fingerprint density at radius 1 is 1.15 bits per heavy atom. The number of anilines is 1. The summed E-state index contributed by atoms with van der Waals surface area (Å²) < 4.78 is 15.3. The maximum Gasteiger partial charge on any atom is 0.160 e. The predicted molar refractivity (Wildman–Crippen MR) is 109 cm³/mol. The highest BCUT2D eigenvalue weighted by Crippen LogP contribution is 2.48. The number of thioether (sulfide) groups is 1. The zero-order chi connectivity index (χ0) is 18.4. The van der Waals surface area contributed by atoms with Crippen LogP contribution in [0.1, 0.15) is 43.1 Å². The van der Waals surface area contributed by atoms with Crippen LogP contribution in [0, 0.1) is 5.82 Å². The SMILES string of the molecule is C[C@@H]1CN2C(=N[C@@H](c3ccccn3)[C@H]2c2ccc(N3CCCC3)cc2F)S1. The van der Waals surface area contributed by atoms with Gasteiger partial charge in [0.1, 0.15) is 11.9 Å². The topological polar surface area (TPSA) is 31.7 Å². The number of hydrogen-bond acceptors (Lipinski definition) is 5. The number of fused-ring (bicyclic) bond motifs is 1. The van der Waals surface area contributed by atoms with Gasteiger partial charge in [0.2, 0.25) is 0 Å². The monoisotopic (exact) mass is 382 g/mol. The van der Waals surface area contributed by atoms with Crippen molar-refractivity contribution in [3.05, 3.63) is 59.7 Å². The average molecular weight is 383 g/mol. The van der Waals surface area contributed by atoms with E-state index in [9.17, 15) is 0 Å². The van der Waals surface area contributed by atoms with Gasteiger partial charge in [-0.3, -0.25) is 9.98 Å². The van der Waals surface area contributed by atoms with E-state index in [1.165, 1.54) is 12.8 Å². The second kappa shape index (κ2) is 6.82. The van der Waals surface area contributed by atoms with Gasteiger partial charge in [0.05, 0.1) is 11.7 Å². The van der Waals surface area contributed by atoms with E-state index in [-0.39, 0.29) is 17.9 Å². The minimum Gasteiger partial charge on any atom is -0.371 e. The van der Waals surface area contributed by atoms with Crippen molar-refractivity contribution in [2.75, 3.05) is 24.5 Å². The predicted octanol–water partition coefficient (Wildman–Crippen LogP) is 4.41. The molecule has 27 heavy (non-hydrogen) atoms. The van der Waals surface area contributed by atoms with Crippen LogP contribution in [0.15, 0.2) is 47.6 Å². The van der Waals surface area contributed by atoms with Crippen LogP contribution >= 0.6 is 11.8 Å². The number of benzene rings is 1. The number of halogens is 1. The average Bonchev–Trinajstić information content (AvgIpc) is 3.39. The van der Waals surface area contributed by atoms with Gasteiger partial charge in [-0.1, -0.05) is 30.8 Å². The number of pyridine rings is 1. The molecule has 3 aliphatic heterocycles. The molecule has 1 aromatic heterocycles. The van der Waals surface area contributed by atoms with Crippen molar-refractivity contribution in [3.8, 4) is 0 Å². The van der Waals surface area contributed by atoms with E-state index < -0.39 is 0 Å². The molecule has 0 unspecified atom stereocenters. The second-order valence-corrected chi connectivity index (χ2v) is 8.94. The maximum absolute atomic E-state index is 15.3. The third kappa shape index (κ3) is 3.00. The third-order valence-electron chi connectivity index (χ3n) is 5.66. The molecule has 6 heteroatoms. The minimum absolute atomic E-state index is 0.125. The molecule has 5 rings (SSSR count). The quantitative estimate of drug-likeness (QED) is 0.787. The Morgan fingerprint density at radius 2 is 2.00 bits per heavy atom. The molecule has 0 radical (unpaired) electrons. The van der Waals surface area contributed by atoms with Gasteiger partial charge >= 0.3 is 0 Å². The van der Waals surface area contributed by atoms with Crippen molar-refractivity contribution in [1.29, 1.82) is 0 Å². The molecule has 140 valence electrons. The van der Waals surface area contributed by atoms with Crippen molar-refractivity contribution in [2.24, 2.45) is 4.99 Å². The van der Waals surface area contributed by atoms with E-state index in [1.54, 1.807) is 24.0 Å². The number of amidine groups is 1. The summed E-state index contributed by atoms with van der Waals surface area (Å²) in [7, 11) is 0. The first-order valence-corrected chi connectivity index (χ1v) is 10.5. The third-order valence-corrected chi connectivity index (χ3v) is 6.76. The van der Waals surface area contributed by atoms with Gasteiger partial charge in [-0.15, -0.1) is 0 Å². The molecule has 0 spiro atoms. The largest absolute Gasteiger partial charge is 0.371 e. The molecule has 3 aliphatic rings. The van der Waals surface area contributed by atoms with E-state index in [0.717, 1.165) is 41.7 Å². The molecule has 0 N–H and O–H groups in total. The molecule has 1 aromatic carbocycles. The van der Waals surface area contributed by atoms with Gasteiger partial charge in [-0.05, 0) is 37.1 Å². The lowest BCUT2D eigenvalue weighted by Crippen LogP contribution is -2.29. The highest BCUT2D eigenvalue weighted by Gasteiger charge is 2.44. The van der Waals surface area contributed by atoms with Crippen LogP contribution in [0.2, 0.25) is 0 Å². The molecule has 2 aromatic rings. The van der Waals surface area contributed by atoms with Gasteiger partial charge in [0, 0.05) is 42.3 Å². The number of aromatic nitrogens is 1. The van der Waals surface area contributed by atoms with Gasteiger partial charge in [-0.25, -0.2) is 4.39 Å². The second-order valence-electron chi connectivity index (χ2n) is 7.54. The molecule has 2 saturated heterocycles. The van der Waals surface area contributed by atoms with Crippen molar-refractivity contribution >= 4 is 22.6 Å². The summed E-state index contributed by atoms with van der Waals surface area (Å²) >= 11 is 1.78. The van der Waals surface area contributed by atoms with Crippen LogP contribution < -0.4 is 4.90 Å². The zero-order valence-corrected chi connectivity index (χ0v) is 16.2. The molecule has 2 fully saturated rings. The summed E-state index contributed by atoms with van der Waals surface area (Å²) in [6, 6.07) is 11.3. The molecule has 4 nitrogen and oxygen atoms in total. The van der Waals surface area contributed by atoms with Gasteiger partial charge in [0.25, 0.3) is 0 Å². The lowest BCUT2D eigenvalue weighted by molar-refractivity contribution is 0.313. The molecule has 4 heterocycles. The van der Waals surface area contributed by atoms with E-state index >= 15 is 4.39 Å². The highest BCUT2D eigenvalue weighted by atomic mass is 32.2. The zero-order valence-electron chi connectivity index (χ0n) is 15.4. The lowest BCUT2D eigenvalue weighted by Gasteiger charge is -2.28. The van der Waals surface area contributed by atoms with Crippen LogP contribution in [0.4, 0.5) is 10.1 Å². The molecule has 0 bridgehead atoms. The van der Waals surface area contributed by atoms with Crippen LogP contribution in [0.25, 0.3) is 0 Å². The number of rotatable bonds is 3. The van der Waals surface area contributed by atoms with Gasteiger partial charge in [0.15, 0.2) is 5.17 Å². The molecular weight excluding hydrogens is 359 g/mol. The summed E-state index contributed by atoms with van der Waals surface area (Å²) in [4.78, 5) is 14.0. The molecular formula is C21H23FN4S. The summed E-state index contributed by atoms with van der Waals surface area (Å²) in [5, 5.41) is 1.49. The Morgan fingerprint density at radius 3 is 2.74 bits per heavy atom. The van der Waals surface area contributed by atoms with E-state index in [4.69, 9.17) is 4.99 Å². The Bertz CT molecular complexity index is 866. The Labute approximate surface area is 163 Å². The normalized spacial score (nSPS) is 27.2. The van der Waals surface area contributed by atoms with Gasteiger partial charge < -0.3 is 9.80 Å². The maximum atomic E-state index is 15.3. The van der Waals surface area contributed by atoms with Crippen LogP contribution in [0.3, 0.4) is 0 Å². The smallest absolute Gasteiger partial charge is 0.160 e. The number of hydrogen-bond donors (Lipinski definition) is 0. The molecule has 0 saturated carbocycles. The van der Waals surface area contributed by atoms with E-state index in [0.29, 0.717) is 5.25 Å². The lowest BCUT2D eigenvalue weighted by atomic mass is 9.95. The minimum atomic E-state index is -0.159. The van der Waals surface area contributed by atoms with Crippen molar-refractivity contribution in [3.63, 3.8) is 0 Å². The summed E-state index contributed by atoms with van der Waals surface area (Å²) in [5.74, 6) is -0.133. The Kier molecular flexibility index (Phi) is 4.31. The Balaban J connectivity index is 1.53. The fourth-order valence-electron chi connectivity index (χ4n) is 4.38. The summed E-state index contributed by atoms with van der Waals surface area (Å²) in [6.07, 6.45) is 4.17. The number of nitrogens with zero attached hydrogens (tertiary/aromatic N) is 4. The standard InChI is InChI=1S/C21H23FN4S/c1-14-13-26-20(19(24-21(26)27-14)18-6-2-3-9-23-18)16-8-7-15(12-17(16)22)25-10-4-5-11-25/h2-3,6-9,12,14,19-20H,4-5,10-11,13H2,1H3/t14-,19+,20-/m1/s1. The summed E-state index contributed by atoms with van der Waals surface area (Å²) in [6.45, 7) is 5.13. The first-order valence-electron chi connectivity index (χ1n) is 9.67. The van der Waals surface area contributed by atoms with Crippen molar-refractivity contribution in [1.82, 2.24) is 9.88 Å². The Hall–Kier alpha value is -2.08. The van der Waals surface area contributed by atoms with Crippen LogP contribution in [-0.4, -0.2) is 39.9 Å². The van der Waals surface area contributed by atoms with Crippen molar-refractivity contribution in [2.45, 2.75) is 37.1 Å². The number of aliphatic imine (C=N–C) groups is 1. The molecule has 0 aliphatic carbocycles. The first kappa shape index (κ1) is 17.0. The fraction of sp³-hybridized carbons (Fsp3) is 0.429.